The lowest BCUT2D eigenvalue weighted by Gasteiger charge is -2.62. The normalized spacial score (nSPS) is 43.2. The van der Waals surface area contributed by atoms with Crippen LogP contribution in [0.2, 0.25) is 0 Å². The largest absolute Gasteiger partial charge is 0.0956 e. The number of allylic oxidation sites excluding steroid dienone is 1. The third-order valence-corrected chi connectivity index (χ3v) is 19.4. The van der Waals surface area contributed by atoms with Crippen molar-refractivity contribution in [1.82, 2.24) is 0 Å². The van der Waals surface area contributed by atoms with E-state index in [0.717, 1.165) is 35.5 Å². The Morgan fingerprint density at radius 3 is 1.46 bits per heavy atom. The first-order valence-electron chi connectivity index (χ1n) is 15.9. The van der Waals surface area contributed by atoms with E-state index in [1.165, 1.54) is 31.6 Å². The summed E-state index contributed by atoms with van der Waals surface area (Å²) in [6.45, 7) is 14.9. The highest BCUT2D eigenvalue weighted by molar-refractivity contribution is 7.63. The molecule has 0 saturated heterocycles. The number of hydrogen-bond acceptors (Lipinski definition) is 0. The molecule has 0 nitrogen and oxygen atoms in total. The first-order chi connectivity index (χ1) is 17.6. The van der Waals surface area contributed by atoms with E-state index in [9.17, 15) is 0 Å². The van der Waals surface area contributed by atoms with Gasteiger partial charge in [-0.2, -0.15) is 0 Å². The average Bonchev–Trinajstić information content (AvgIpc) is 2.78. The van der Waals surface area contributed by atoms with Crippen LogP contribution in [0.15, 0.2) is 36.2 Å². The second kappa shape index (κ2) is 9.17. The van der Waals surface area contributed by atoms with Crippen LogP contribution in [0.5, 0.6) is 0 Å². The van der Waals surface area contributed by atoms with Crippen molar-refractivity contribution in [3.63, 3.8) is 0 Å². The van der Waals surface area contributed by atoms with Crippen molar-refractivity contribution in [2.45, 2.75) is 133 Å². The van der Waals surface area contributed by atoms with Crippen molar-refractivity contribution >= 4 is 15.8 Å². The fraction of sp³-hybridized carbons (Fsp3) is 0.771. The van der Waals surface area contributed by atoms with Crippen molar-refractivity contribution in [1.29, 1.82) is 0 Å². The number of hydrogen-bond donors (Lipinski definition) is 0. The SMILES string of the molecule is C=C(C)P(Cc1ccccc1CP(C(C)(C)C)C12CC3CC(CC(C3)C1)C2)C12CC3CC(CC(C3)C1)C2. The second-order valence-corrected chi connectivity index (χ2v) is 22.5. The van der Waals surface area contributed by atoms with Crippen LogP contribution in [-0.2, 0) is 12.3 Å². The quantitative estimate of drug-likeness (QED) is 0.305. The Morgan fingerprint density at radius 1 is 0.703 bits per heavy atom. The van der Waals surface area contributed by atoms with Gasteiger partial charge in [0, 0.05) is 0 Å². The Hall–Kier alpha value is -0.180. The van der Waals surface area contributed by atoms with Gasteiger partial charge in [0.05, 0.1) is 0 Å². The van der Waals surface area contributed by atoms with Gasteiger partial charge in [-0.25, -0.2) is 0 Å². The molecule has 1 aromatic rings. The summed E-state index contributed by atoms with van der Waals surface area (Å²) in [6.07, 6.45) is 21.3. The Bertz CT molecular complexity index is 973. The van der Waals surface area contributed by atoms with Gasteiger partial charge in [0.15, 0.2) is 0 Å². The summed E-state index contributed by atoms with van der Waals surface area (Å²) in [5.74, 6) is 6.28. The molecule has 0 aromatic heterocycles. The molecule has 2 atom stereocenters. The molecule has 0 amide bonds. The standard InChI is InChI=1S/C35H52P2/c1-24(2)36(34-16-25-10-26(17-34)12-27(11-25)18-34)22-31-8-6-7-9-32(31)23-37(33(3,4)5)35-19-28-13-29(20-35)15-30(14-28)21-35/h6-9,25-30H,1,10-23H2,2-5H3. The summed E-state index contributed by atoms with van der Waals surface area (Å²) in [6, 6.07) is 9.82. The van der Waals surface area contributed by atoms with Gasteiger partial charge in [0.25, 0.3) is 0 Å². The Morgan fingerprint density at radius 2 is 1.08 bits per heavy atom. The van der Waals surface area contributed by atoms with Crippen LogP contribution in [0.25, 0.3) is 0 Å². The van der Waals surface area contributed by atoms with E-state index in [0.29, 0.717) is 15.5 Å². The van der Waals surface area contributed by atoms with E-state index in [-0.39, 0.29) is 15.8 Å². The fourth-order valence-electron chi connectivity index (χ4n) is 11.8. The second-order valence-electron chi connectivity index (χ2n) is 16.1. The van der Waals surface area contributed by atoms with Crippen LogP contribution in [0.1, 0.15) is 116 Å². The van der Waals surface area contributed by atoms with Gasteiger partial charge in [-0.15, -0.1) is 0 Å². The predicted octanol–water partition coefficient (Wildman–Crippen LogP) is 10.9. The first kappa shape index (κ1) is 25.8. The minimum absolute atomic E-state index is 0.0509. The Kier molecular flexibility index (Phi) is 6.39. The molecule has 0 spiro atoms. The molecule has 37 heavy (non-hydrogen) atoms. The van der Waals surface area contributed by atoms with E-state index in [1.54, 1.807) is 74.2 Å². The van der Waals surface area contributed by atoms with Crippen molar-refractivity contribution in [3.8, 4) is 0 Å². The molecule has 8 fully saturated rings. The molecule has 8 bridgehead atoms. The lowest BCUT2D eigenvalue weighted by Crippen LogP contribution is -2.51. The molecule has 2 heteroatoms. The van der Waals surface area contributed by atoms with Gasteiger partial charge in [0.1, 0.15) is 0 Å². The molecule has 8 saturated carbocycles. The third-order valence-electron chi connectivity index (χ3n) is 12.2. The zero-order valence-corrected chi connectivity index (χ0v) is 26.1. The zero-order valence-electron chi connectivity index (χ0n) is 24.3. The van der Waals surface area contributed by atoms with Gasteiger partial charge >= 0.3 is 0 Å². The van der Waals surface area contributed by atoms with E-state index in [2.05, 4.69) is 52.0 Å². The van der Waals surface area contributed by atoms with E-state index < -0.39 is 0 Å². The molecule has 2 unspecified atom stereocenters. The van der Waals surface area contributed by atoms with Crippen LogP contribution >= 0.6 is 15.8 Å². The van der Waals surface area contributed by atoms with E-state index in [4.69, 9.17) is 6.58 Å². The Labute approximate surface area is 230 Å². The number of rotatable bonds is 7. The van der Waals surface area contributed by atoms with E-state index >= 15 is 0 Å². The summed E-state index contributed by atoms with van der Waals surface area (Å²) in [7, 11) is -0.204. The molecule has 8 aliphatic rings. The van der Waals surface area contributed by atoms with Crippen molar-refractivity contribution in [2.24, 2.45) is 35.5 Å². The maximum absolute atomic E-state index is 4.70. The maximum Gasteiger partial charge on any atom is -0.00283 e. The highest BCUT2D eigenvalue weighted by atomic mass is 31.1. The zero-order chi connectivity index (χ0) is 25.6. The topological polar surface area (TPSA) is 0 Å². The van der Waals surface area contributed by atoms with Gasteiger partial charge in [0.2, 0.25) is 0 Å². The van der Waals surface area contributed by atoms with E-state index in [1.807, 2.05) is 0 Å². The summed E-state index contributed by atoms with van der Waals surface area (Å²) in [4.78, 5) is 0. The highest BCUT2D eigenvalue weighted by Gasteiger charge is 2.57. The highest BCUT2D eigenvalue weighted by Crippen LogP contribution is 2.75. The molecule has 1 aromatic carbocycles. The predicted molar refractivity (Wildman–Crippen MR) is 164 cm³/mol. The summed E-state index contributed by atoms with van der Waals surface area (Å²) >= 11 is 0. The van der Waals surface area contributed by atoms with Gasteiger partial charge in [-0.05, 0) is 158 Å². The van der Waals surface area contributed by atoms with Crippen LogP contribution in [0.4, 0.5) is 0 Å². The van der Waals surface area contributed by atoms with Gasteiger partial charge < -0.3 is 0 Å². The minimum atomic E-state index is -0.154. The minimum Gasteiger partial charge on any atom is -0.0956 e. The third kappa shape index (κ3) is 4.56. The Balaban J connectivity index is 1.19. The molecular formula is C35H52P2. The van der Waals surface area contributed by atoms with Crippen LogP contribution in [0, 0.1) is 35.5 Å². The first-order valence-corrected chi connectivity index (χ1v) is 18.9. The summed E-state index contributed by atoms with van der Waals surface area (Å²) < 4.78 is 0. The van der Waals surface area contributed by atoms with Crippen LogP contribution in [-0.4, -0.2) is 15.5 Å². The van der Waals surface area contributed by atoms with Crippen molar-refractivity contribution in [2.75, 3.05) is 0 Å². The molecule has 0 radical (unpaired) electrons. The molecule has 202 valence electrons. The lowest BCUT2D eigenvalue weighted by molar-refractivity contribution is 0.0346. The summed E-state index contributed by atoms with van der Waals surface area (Å²) in [5, 5.41) is 3.28. The smallest absolute Gasteiger partial charge is 0.00283 e. The lowest BCUT2D eigenvalue weighted by atomic mass is 9.56. The molecular weight excluding hydrogens is 482 g/mol. The summed E-state index contributed by atoms with van der Waals surface area (Å²) in [5.41, 5.74) is 3.45. The van der Waals surface area contributed by atoms with Crippen molar-refractivity contribution < 1.29 is 0 Å². The van der Waals surface area contributed by atoms with Crippen LogP contribution in [0.3, 0.4) is 0 Å². The van der Waals surface area contributed by atoms with Gasteiger partial charge in [-0.1, -0.05) is 72.8 Å². The molecule has 9 rings (SSSR count). The van der Waals surface area contributed by atoms with Crippen LogP contribution < -0.4 is 0 Å². The van der Waals surface area contributed by atoms with Crippen molar-refractivity contribution in [3.05, 3.63) is 47.3 Å². The monoisotopic (exact) mass is 534 g/mol. The molecule has 0 N–H and O–H groups in total. The average molecular weight is 535 g/mol. The molecule has 0 heterocycles. The maximum atomic E-state index is 4.70. The van der Waals surface area contributed by atoms with Gasteiger partial charge in [-0.3, -0.25) is 0 Å². The fourth-order valence-corrected chi connectivity index (χ4v) is 19.6. The number of benzene rings is 1. The molecule has 8 aliphatic carbocycles. The molecule has 0 aliphatic heterocycles.